The SMILES string of the molecule is Cc1cc(C)c(C#N)c(N2CCC3NNC(c4ccccc4)C3C2)n1. The molecule has 0 radical (unpaired) electrons. The second-order valence-electron chi connectivity index (χ2n) is 7.07. The largest absolute Gasteiger partial charge is 0.355 e. The van der Waals surface area contributed by atoms with E-state index >= 15 is 0 Å². The van der Waals surface area contributed by atoms with Crippen molar-refractivity contribution in [1.29, 1.82) is 5.26 Å². The Morgan fingerprint density at radius 3 is 2.76 bits per heavy atom. The normalized spacial score (nSPS) is 25.5. The van der Waals surface area contributed by atoms with Crippen LogP contribution >= 0.6 is 0 Å². The molecule has 2 aromatic rings. The molecule has 25 heavy (non-hydrogen) atoms. The van der Waals surface area contributed by atoms with Crippen molar-refractivity contribution in [1.82, 2.24) is 15.8 Å². The molecule has 2 aliphatic heterocycles. The first kappa shape index (κ1) is 16.1. The minimum atomic E-state index is 0.283. The van der Waals surface area contributed by atoms with Crippen molar-refractivity contribution >= 4 is 5.82 Å². The van der Waals surface area contributed by atoms with Gasteiger partial charge in [0.05, 0.1) is 11.6 Å². The van der Waals surface area contributed by atoms with Crippen molar-refractivity contribution in [2.75, 3.05) is 18.0 Å². The third kappa shape index (κ3) is 2.88. The van der Waals surface area contributed by atoms with Crippen LogP contribution in [0.15, 0.2) is 36.4 Å². The highest BCUT2D eigenvalue weighted by Gasteiger charge is 2.41. The quantitative estimate of drug-likeness (QED) is 0.884. The smallest absolute Gasteiger partial charge is 0.147 e. The van der Waals surface area contributed by atoms with Gasteiger partial charge in [0.1, 0.15) is 11.9 Å². The Hall–Kier alpha value is -2.42. The lowest BCUT2D eigenvalue weighted by Crippen LogP contribution is -2.46. The van der Waals surface area contributed by atoms with Gasteiger partial charge < -0.3 is 4.90 Å². The summed E-state index contributed by atoms with van der Waals surface area (Å²) < 4.78 is 0. The van der Waals surface area contributed by atoms with Crippen LogP contribution in [0.2, 0.25) is 0 Å². The summed E-state index contributed by atoms with van der Waals surface area (Å²) in [6.45, 7) is 5.81. The van der Waals surface area contributed by atoms with Gasteiger partial charge in [0, 0.05) is 30.7 Å². The first-order valence-electron chi connectivity index (χ1n) is 8.86. The van der Waals surface area contributed by atoms with Crippen molar-refractivity contribution in [3.8, 4) is 6.07 Å². The third-order valence-corrected chi connectivity index (χ3v) is 5.41. The molecule has 0 saturated carbocycles. The van der Waals surface area contributed by atoms with Gasteiger partial charge in [-0.05, 0) is 37.5 Å². The van der Waals surface area contributed by atoms with Crippen LogP contribution in [0.25, 0.3) is 0 Å². The Bertz CT molecular complexity index is 811. The Balaban J connectivity index is 1.64. The molecule has 2 saturated heterocycles. The summed E-state index contributed by atoms with van der Waals surface area (Å²) >= 11 is 0. The van der Waals surface area contributed by atoms with Crippen LogP contribution in [0.3, 0.4) is 0 Å². The fourth-order valence-corrected chi connectivity index (χ4v) is 4.17. The number of nitrogens with one attached hydrogen (secondary N) is 2. The molecule has 2 N–H and O–H groups in total. The highest BCUT2D eigenvalue weighted by molar-refractivity contribution is 5.58. The summed E-state index contributed by atoms with van der Waals surface area (Å²) in [5, 5.41) is 9.60. The average molecular weight is 333 g/mol. The molecule has 5 nitrogen and oxygen atoms in total. The second-order valence-corrected chi connectivity index (χ2v) is 7.07. The molecular formula is C20H23N5. The fourth-order valence-electron chi connectivity index (χ4n) is 4.17. The van der Waals surface area contributed by atoms with E-state index in [-0.39, 0.29) is 6.04 Å². The van der Waals surface area contributed by atoms with E-state index in [0.29, 0.717) is 17.5 Å². The van der Waals surface area contributed by atoms with E-state index in [1.54, 1.807) is 0 Å². The number of nitriles is 1. The Kier molecular flexibility index (Phi) is 4.16. The van der Waals surface area contributed by atoms with Gasteiger partial charge >= 0.3 is 0 Å². The van der Waals surface area contributed by atoms with Crippen molar-refractivity contribution < 1.29 is 0 Å². The Morgan fingerprint density at radius 1 is 1.20 bits per heavy atom. The molecule has 3 heterocycles. The fraction of sp³-hybridized carbons (Fsp3) is 0.400. The molecule has 0 aliphatic carbocycles. The minimum Gasteiger partial charge on any atom is -0.355 e. The van der Waals surface area contributed by atoms with Crippen LogP contribution in [-0.2, 0) is 0 Å². The average Bonchev–Trinajstić information content (AvgIpc) is 3.05. The molecule has 1 aromatic carbocycles. The van der Waals surface area contributed by atoms with Gasteiger partial charge in [-0.2, -0.15) is 5.26 Å². The summed E-state index contributed by atoms with van der Waals surface area (Å²) in [4.78, 5) is 7.00. The third-order valence-electron chi connectivity index (χ3n) is 5.41. The van der Waals surface area contributed by atoms with Gasteiger partial charge in [0.15, 0.2) is 0 Å². The van der Waals surface area contributed by atoms with E-state index in [9.17, 15) is 5.26 Å². The van der Waals surface area contributed by atoms with E-state index in [2.05, 4.69) is 52.2 Å². The van der Waals surface area contributed by atoms with Crippen molar-refractivity contribution in [2.45, 2.75) is 32.4 Å². The van der Waals surface area contributed by atoms with Gasteiger partial charge in [-0.15, -0.1) is 0 Å². The van der Waals surface area contributed by atoms with Crippen molar-refractivity contribution in [3.63, 3.8) is 0 Å². The number of anilines is 1. The number of hydrogen-bond donors (Lipinski definition) is 2. The Labute approximate surface area is 148 Å². The summed E-state index contributed by atoms with van der Waals surface area (Å²) in [6.07, 6.45) is 1.04. The van der Waals surface area contributed by atoms with E-state index in [4.69, 9.17) is 4.98 Å². The summed E-state index contributed by atoms with van der Waals surface area (Å²) in [6, 6.07) is 15.7. The molecule has 0 spiro atoms. The number of aryl methyl sites for hydroxylation is 2. The van der Waals surface area contributed by atoms with Crippen molar-refractivity contribution in [2.24, 2.45) is 5.92 Å². The standard InChI is InChI=1S/C20H23N5/c1-13-10-14(2)22-20(16(13)11-21)25-9-8-18-17(12-25)19(24-23-18)15-6-4-3-5-7-15/h3-7,10,17-19,23-24H,8-9,12H2,1-2H3. The molecule has 0 amide bonds. The van der Waals surface area contributed by atoms with Crippen LogP contribution in [-0.4, -0.2) is 24.1 Å². The van der Waals surface area contributed by atoms with Gasteiger partial charge in [-0.25, -0.2) is 10.4 Å². The number of fused-ring (bicyclic) bond motifs is 1. The summed E-state index contributed by atoms with van der Waals surface area (Å²) in [5.74, 6) is 1.29. The first-order valence-corrected chi connectivity index (χ1v) is 8.86. The predicted molar refractivity (Wildman–Crippen MR) is 98.0 cm³/mol. The maximum Gasteiger partial charge on any atom is 0.147 e. The number of hydrazine groups is 1. The van der Waals surface area contributed by atoms with Crippen LogP contribution in [0.4, 0.5) is 5.82 Å². The Morgan fingerprint density at radius 2 is 2.00 bits per heavy atom. The monoisotopic (exact) mass is 333 g/mol. The van der Waals surface area contributed by atoms with Gasteiger partial charge in [0.2, 0.25) is 0 Å². The maximum absolute atomic E-state index is 9.60. The molecule has 0 bridgehead atoms. The summed E-state index contributed by atoms with van der Waals surface area (Å²) in [7, 11) is 0. The molecule has 1 aromatic heterocycles. The highest BCUT2D eigenvalue weighted by Crippen LogP contribution is 2.36. The number of hydrogen-bond acceptors (Lipinski definition) is 5. The van der Waals surface area contributed by atoms with E-state index in [0.717, 1.165) is 36.6 Å². The number of aromatic nitrogens is 1. The number of rotatable bonds is 2. The zero-order valence-electron chi connectivity index (χ0n) is 14.7. The number of pyridine rings is 1. The lowest BCUT2D eigenvalue weighted by atomic mass is 9.85. The first-order chi connectivity index (χ1) is 12.2. The molecule has 4 rings (SSSR count). The van der Waals surface area contributed by atoms with Crippen LogP contribution in [0, 0.1) is 31.1 Å². The van der Waals surface area contributed by atoms with Crippen LogP contribution in [0.5, 0.6) is 0 Å². The second kappa shape index (κ2) is 6.47. The zero-order valence-corrected chi connectivity index (χ0v) is 14.7. The van der Waals surface area contributed by atoms with Gasteiger partial charge in [0.25, 0.3) is 0 Å². The van der Waals surface area contributed by atoms with E-state index < -0.39 is 0 Å². The van der Waals surface area contributed by atoms with Gasteiger partial charge in [-0.3, -0.25) is 5.43 Å². The number of benzene rings is 1. The molecule has 5 heteroatoms. The number of piperidine rings is 1. The van der Waals surface area contributed by atoms with Crippen molar-refractivity contribution in [3.05, 3.63) is 58.8 Å². The van der Waals surface area contributed by atoms with E-state index in [1.165, 1.54) is 5.56 Å². The zero-order chi connectivity index (χ0) is 17.4. The van der Waals surface area contributed by atoms with Crippen LogP contribution in [0.1, 0.15) is 34.8 Å². The van der Waals surface area contributed by atoms with E-state index in [1.807, 2.05) is 19.9 Å². The lowest BCUT2D eigenvalue weighted by molar-refractivity contribution is 0.354. The van der Waals surface area contributed by atoms with Crippen LogP contribution < -0.4 is 15.8 Å². The predicted octanol–water partition coefficient (Wildman–Crippen LogP) is 2.61. The molecular weight excluding hydrogens is 310 g/mol. The molecule has 2 fully saturated rings. The molecule has 3 atom stereocenters. The van der Waals surface area contributed by atoms with Gasteiger partial charge in [-0.1, -0.05) is 30.3 Å². The maximum atomic E-state index is 9.60. The molecule has 2 aliphatic rings. The highest BCUT2D eigenvalue weighted by atomic mass is 15.4. The lowest BCUT2D eigenvalue weighted by Gasteiger charge is -2.37. The minimum absolute atomic E-state index is 0.283. The number of nitrogens with zero attached hydrogens (tertiary/aromatic N) is 3. The molecule has 128 valence electrons. The molecule has 3 unspecified atom stereocenters. The summed E-state index contributed by atoms with van der Waals surface area (Å²) in [5.41, 5.74) is 10.9. The topological polar surface area (TPSA) is 64.0 Å².